The van der Waals surface area contributed by atoms with Crippen LogP contribution in [0.1, 0.15) is 32.8 Å². The first-order valence-corrected chi connectivity index (χ1v) is 11.0. The lowest BCUT2D eigenvalue weighted by atomic mass is 9.97. The lowest BCUT2D eigenvalue weighted by molar-refractivity contribution is -0.121. The monoisotopic (exact) mass is 473 g/mol. The minimum Gasteiger partial charge on any atom is -0.503 e. The maximum absolute atomic E-state index is 13.9. The molecule has 1 aromatic carbocycles. The Hall–Kier alpha value is -3.31. The number of rotatable bonds is 3. The van der Waals surface area contributed by atoms with E-state index in [1.807, 2.05) is 0 Å². The molecule has 9 nitrogen and oxygen atoms in total. The Kier molecular flexibility index (Phi) is 4.59. The molecule has 6 rings (SSSR count). The highest BCUT2D eigenvalue weighted by molar-refractivity contribution is 5.99. The first-order valence-electron chi connectivity index (χ1n) is 11.0. The summed E-state index contributed by atoms with van der Waals surface area (Å²) in [6.07, 6.45) is 1.40. The van der Waals surface area contributed by atoms with Gasteiger partial charge in [-0.1, -0.05) is 6.07 Å². The first-order chi connectivity index (χ1) is 16.3. The molecule has 3 fully saturated rings. The molecule has 1 aromatic heterocycles. The van der Waals surface area contributed by atoms with Crippen molar-refractivity contribution in [2.75, 3.05) is 19.8 Å². The number of nitrogens with one attached hydrogen (secondary N) is 1. The molecule has 0 bridgehead atoms. The number of pyridine rings is 1. The molecule has 4 aliphatic rings. The minimum absolute atomic E-state index is 0.0299. The van der Waals surface area contributed by atoms with Gasteiger partial charge in [0.25, 0.3) is 11.8 Å². The third-order valence-corrected chi connectivity index (χ3v) is 7.51. The van der Waals surface area contributed by atoms with Gasteiger partial charge in [-0.05, 0) is 12.5 Å². The minimum atomic E-state index is -1.00. The highest BCUT2D eigenvalue weighted by Crippen LogP contribution is 2.63. The fourth-order valence-corrected chi connectivity index (χ4v) is 5.67. The van der Waals surface area contributed by atoms with Crippen LogP contribution in [0.5, 0.6) is 5.75 Å². The molecule has 2 unspecified atom stereocenters. The highest BCUT2D eigenvalue weighted by Gasteiger charge is 2.72. The number of halogens is 2. The van der Waals surface area contributed by atoms with Crippen molar-refractivity contribution >= 4 is 11.8 Å². The lowest BCUT2D eigenvalue weighted by Gasteiger charge is -2.42. The number of fused-ring (bicyclic) bond motifs is 4. The van der Waals surface area contributed by atoms with Gasteiger partial charge in [-0.2, -0.15) is 0 Å². The Labute approximate surface area is 191 Å². The third-order valence-electron chi connectivity index (χ3n) is 7.51. The van der Waals surface area contributed by atoms with Crippen molar-refractivity contribution in [3.63, 3.8) is 0 Å². The number of aromatic hydroxyl groups is 1. The number of amides is 2. The summed E-state index contributed by atoms with van der Waals surface area (Å²) in [6.45, 7) is 1.49. The Bertz CT molecular complexity index is 1300. The van der Waals surface area contributed by atoms with E-state index in [1.54, 1.807) is 4.90 Å². The number of aromatic nitrogens is 1. The van der Waals surface area contributed by atoms with Crippen molar-refractivity contribution in [1.29, 1.82) is 0 Å². The summed E-state index contributed by atoms with van der Waals surface area (Å²) in [4.78, 5) is 40.4. The number of benzene rings is 1. The highest BCUT2D eigenvalue weighted by atomic mass is 19.1. The number of carbonyl (C=O) groups excluding carboxylic acids is 2. The van der Waals surface area contributed by atoms with E-state index in [9.17, 15) is 28.3 Å². The largest absolute Gasteiger partial charge is 0.503 e. The molecule has 3 aliphatic heterocycles. The standard InChI is InChI=1S/C23H21F2N3O6/c24-12-2-1-11(15(25)5-12)6-26-21(31)13-7-27-8-16-28(22(32)17(27)19(30)18(13)29)20-14-9-33-4-3-23(14,20)10-34-16/h1-2,5,7,14,16,20,30H,3-4,6,8-10H2,(H,26,31)/t14?,16-,20+,23?/m0/s1. The van der Waals surface area contributed by atoms with Crippen LogP contribution >= 0.6 is 0 Å². The number of ether oxygens (including phenoxy) is 2. The zero-order valence-corrected chi connectivity index (χ0v) is 17.9. The van der Waals surface area contributed by atoms with Crippen molar-refractivity contribution in [2.24, 2.45) is 11.3 Å². The van der Waals surface area contributed by atoms with Gasteiger partial charge in [0, 0.05) is 48.4 Å². The molecule has 2 saturated heterocycles. The van der Waals surface area contributed by atoms with E-state index in [4.69, 9.17) is 9.47 Å². The van der Waals surface area contributed by atoms with Crippen LogP contribution in [-0.4, -0.2) is 58.5 Å². The molecule has 0 radical (unpaired) electrons. The topological polar surface area (TPSA) is 110 Å². The summed E-state index contributed by atoms with van der Waals surface area (Å²) in [7, 11) is 0. The molecule has 2 N–H and O–H groups in total. The van der Waals surface area contributed by atoms with Gasteiger partial charge in [0.1, 0.15) is 17.2 Å². The van der Waals surface area contributed by atoms with Crippen LogP contribution in [0.25, 0.3) is 0 Å². The average Bonchev–Trinajstić information content (AvgIpc) is 3.50. The molecule has 11 heteroatoms. The van der Waals surface area contributed by atoms with Crippen LogP contribution in [0.4, 0.5) is 8.78 Å². The van der Waals surface area contributed by atoms with Crippen LogP contribution in [0.3, 0.4) is 0 Å². The maximum Gasteiger partial charge on any atom is 0.276 e. The maximum atomic E-state index is 13.9. The van der Waals surface area contributed by atoms with Gasteiger partial charge >= 0.3 is 0 Å². The second kappa shape index (κ2) is 7.34. The van der Waals surface area contributed by atoms with Crippen molar-refractivity contribution in [3.05, 3.63) is 63.1 Å². The van der Waals surface area contributed by atoms with Gasteiger partial charge < -0.3 is 29.4 Å². The summed E-state index contributed by atoms with van der Waals surface area (Å²) in [6, 6.07) is 2.86. The zero-order chi connectivity index (χ0) is 23.8. The number of nitrogens with zero attached hydrogens (tertiary/aromatic N) is 2. The molecule has 2 amide bonds. The Morgan fingerprint density at radius 1 is 1.29 bits per heavy atom. The van der Waals surface area contributed by atoms with Crippen LogP contribution < -0.4 is 10.7 Å². The molecule has 178 valence electrons. The predicted octanol–water partition coefficient (Wildman–Crippen LogP) is 0.979. The number of hydrogen-bond donors (Lipinski definition) is 2. The Morgan fingerprint density at radius 2 is 2.12 bits per heavy atom. The van der Waals surface area contributed by atoms with Crippen LogP contribution in [0.15, 0.2) is 29.2 Å². The van der Waals surface area contributed by atoms with Gasteiger partial charge in [-0.15, -0.1) is 0 Å². The van der Waals surface area contributed by atoms with E-state index >= 15 is 0 Å². The van der Waals surface area contributed by atoms with Crippen molar-refractivity contribution in [3.8, 4) is 5.75 Å². The number of carbonyl (C=O) groups is 2. The van der Waals surface area contributed by atoms with Crippen molar-refractivity contribution in [2.45, 2.75) is 31.8 Å². The van der Waals surface area contributed by atoms with Gasteiger partial charge in [0.2, 0.25) is 5.43 Å². The second-order valence-corrected chi connectivity index (χ2v) is 9.23. The molecular weight excluding hydrogens is 452 g/mol. The smallest absolute Gasteiger partial charge is 0.276 e. The quantitative estimate of drug-likeness (QED) is 0.688. The summed E-state index contributed by atoms with van der Waals surface area (Å²) in [5.74, 6) is -3.63. The van der Waals surface area contributed by atoms with E-state index in [0.717, 1.165) is 12.5 Å². The average molecular weight is 473 g/mol. The fraction of sp³-hybridized carbons (Fsp3) is 0.435. The van der Waals surface area contributed by atoms with Crippen molar-refractivity contribution in [1.82, 2.24) is 14.8 Å². The van der Waals surface area contributed by atoms with Gasteiger partial charge in [-0.25, -0.2) is 8.78 Å². The van der Waals surface area contributed by atoms with E-state index in [-0.39, 0.29) is 41.7 Å². The summed E-state index contributed by atoms with van der Waals surface area (Å²) < 4.78 is 39.9. The van der Waals surface area contributed by atoms with E-state index in [0.29, 0.717) is 25.9 Å². The Balaban J connectivity index is 1.28. The molecule has 1 aliphatic carbocycles. The molecule has 1 spiro atoms. The van der Waals surface area contributed by atoms with E-state index in [2.05, 4.69) is 5.32 Å². The molecule has 2 aromatic rings. The normalized spacial score (nSPS) is 28.9. The van der Waals surface area contributed by atoms with E-state index in [1.165, 1.54) is 16.8 Å². The summed E-state index contributed by atoms with van der Waals surface area (Å²) >= 11 is 0. The van der Waals surface area contributed by atoms with Crippen LogP contribution in [0.2, 0.25) is 0 Å². The molecule has 1 saturated carbocycles. The SMILES string of the molecule is O=C(NCc1ccc(F)cc1F)c1cn2c(c(O)c1=O)C(=O)N1[C@H](C2)OCC23CCOCC2[C@@H]13. The molecular formula is C23H21F2N3O6. The van der Waals surface area contributed by atoms with Gasteiger partial charge in [0.05, 0.1) is 19.8 Å². The van der Waals surface area contributed by atoms with Gasteiger partial charge in [0.15, 0.2) is 17.7 Å². The molecule has 4 atom stereocenters. The van der Waals surface area contributed by atoms with Crippen LogP contribution in [-0.2, 0) is 22.6 Å². The van der Waals surface area contributed by atoms with Crippen molar-refractivity contribution < 1.29 is 33.0 Å². The zero-order valence-electron chi connectivity index (χ0n) is 17.9. The molecule has 4 heterocycles. The lowest BCUT2D eigenvalue weighted by Crippen LogP contribution is -2.56. The van der Waals surface area contributed by atoms with Gasteiger partial charge in [-0.3, -0.25) is 14.4 Å². The Morgan fingerprint density at radius 3 is 2.91 bits per heavy atom. The summed E-state index contributed by atoms with van der Waals surface area (Å²) in [5, 5.41) is 13.0. The fourth-order valence-electron chi connectivity index (χ4n) is 5.67. The molecule has 34 heavy (non-hydrogen) atoms. The summed E-state index contributed by atoms with van der Waals surface area (Å²) in [5.41, 5.74) is -1.70. The van der Waals surface area contributed by atoms with Crippen LogP contribution in [0, 0.1) is 23.0 Å². The first kappa shape index (κ1) is 21.2. The number of hydrogen-bond acceptors (Lipinski definition) is 6. The third kappa shape index (κ3) is 2.93. The second-order valence-electron chi connectivity index (χ2n) is 9.23. The predicted molar refractivity (Wildman–Crippen MR) is 111 cm³/mol. The van der Waals surface area contributed by atoms with E-state index < -0.39 is 46.4 Å².